The van der Waals surface area contributed by atoms with E-state index in [0.717, 1.165) is 61.4 Å². The van der Waals surface area contributed by atoms with Gasteiger partial charge in [-0.15, -0.1) is 0 Å². The number of carbonyl (C=O) groups excluding carboxylic acids is 1. The molecule has 0 aliphatic carbocycles. The quantitative estimate of drug-likeness (QED) is 0.183. The molecule has 4 heterocycles. The molecule has 2 fully saturated rings. The summed E-state index contributed by atoms with van der Waals surface area (Å²) in [4.78, 5) is 20.0. The first-order valence-electron chi connectivity index (χ1n) is 15.3. The number of thiocarbonyl (C=S) groups is 1. The summed E-state index contributed by atoms with van der Waals surface area (Å²) in [6.45, 7) is 5.59. The Balaban J connectivity index is 1.06. The van der Waals surface area contributed by atoms with Crippen LogP contribution in [0, 0.1) is 5.82 Å². The Morgan fingerprint density at radius 3 is 2.65 bits per heavy atom. The first-order chi connectivity index (χ1) is 22.2. The molecule has 7 rings (SSSR count). The molecule has 0 bridgehead atoms. The van der Waals surface area contributed by atoms with Gasteiger partial charge in [0.1, 0.15) is 11.6 Å². The number of hydrogen-bond donors (Lipinski definition) is 3. The Kier molecular flexibility index (Phi) is 8.22. The molecule has 3 aliphatic rings. The summed E-state index contributed by atoms with van der Waals surface area (Å²) in [5.74, 6) is 0.356. The molecule has 10 nitrogen and oxygen atoms in total. The van der Waals surface area contributed by atoms with Crippen molar-refractivity contribution >= 4 is 45.9 Å². The largest absolute Gasteiger partial charge is 0.444 e. The summed E-state index contributed by atoms with van der Waals surface area (Å²) in [6, 6.07) is 15.9. The normalized spacial score (nSPS) is 21.2. The minimum absolute atomic E-state index is 0.0189. The zero-order valence-electron chi connectivity index (χ0n) is 25.2. The van der Waals surface area contributed by atoms with Gasteiger partial charge in [0.15, 0.2) is 16.6 Å². The van der Waals surface area contributed by atoms with Crippen LogP contribution in [0.5, 0.6) is 11.5 Å². The van der Waals surface area contributed by atoms with Crippen LogP contribution in [-0.2, 0) is 23.6 Å². The molecule has 1 unspecified atom stereocenters. The first kappa shape index (κ1) is 30.7. The average Bonchev–Trinajstić information content (AvgIpc) is 3.54. The number of piperidine rings is 1. The van der Waals surface area contributed by atoms with E-state index in [4.69, 9.17) is 48.7 Å². The fourth-order valence-electron chi connectivity index (χ4n) is 6.51. The minimum atomic E-state index is -1.29. The number of halogens is 2. The third-order valence-electron chi connectivity index (χ3n) is 8.99. The van der Waals surface area contributed by atoms with Gasteiger partial charge in [-0.2, -0.15) is 0 Å². The highest BCUT2D eigenvalue weighted by Crippen LogP contribution is 2.50. The molecule has 0 saturated carbocycles. The number of nitrogens with zero attached hydrogens (tertiary/aromatic N) is 3. The van der Waals surface area contributed by atoms with E-state index in [-0.39, 0.29) is 23.0 Å². The van der Waals surface area contributed by atoms with E-state index in [0.29, 0.717) is 40.7 Å². The van der Waals surface area contributed by atoms with Crippen molar-refractivity contribution in [3.8, 4) is 11.5 Å². The zero-order valence-corrected chi connectivity index (χ0v) is 26.8. The van der Waals surface area contributed by atoms with Gasteiger partial charge >= 0.3 is 0 Å². The van der Waals surface area contributed by atoms with Crippen LogP contribution in [-0.4, -0.2) is 51.3 Å². The predicted octanol–water partition coefficient (Wildman–Crippen LogP) is 5.12. The number of likely N-dealkylation sites (tertiary alicyclic amines) is 1. The summed E-state index contributed by atoms with van der Waals surface area (Å²) in [5.41, 5.74) is 13.9. The van der Waals surface area contributed by atoms with Gasteiger partial charge in [-0.05, 0) is 93.0 Å². The maximum absolute atomic E-state index is 14.9. The lowest BCUT2D eigenvalue weighted by Crippen LogP contribution is -2.44. The van der Waals surface area contributed by atoms with E-state index in [1.807, 2.05) is 18.2 Å². The second kappa shape index (κ2) is 12.3. The summed E-state index contributed by atoms with van der Waals surface area (Å²) < 4.78 is 35.4. The Hall–Kier alpha value is -3.97. The molecule has 1 amide bonds. The van der Waals surface area contributed by atoms with E-state index < -0.39 is 11.6 Å². The molecule has 4 aromatic rings. The molecular formula is C33H34ClFN6O4S. The van der Waals surface area contributed by atoms with Crippen LogP contribution >= 0.6 is 23.8 Å². The van der Waals surface area contributed by atoms with Gasteiger partial charge in [-0.25, -0.2) is 9.37 Å². The molecule has 4 N–H and O–H groups in total. The van der Waals surface area contributed by atoms with Crippen LogP contribution in [0.15, 0.2) is 54.6 Å². The molecule has 46 heavy (non-hydrogen) atoms. The SMILES string of the molecule is CC1(c2ccc(Cl)cc2F)Oc2cccc(C3CCN(Cc4nc5cc(C(=O)NNC(N)=S)ccc5n4C[C@@H]4CCO4)CC3)c2O1. The van der Waals surface area contributed by atoms with E-state index in [2.05, 4.69) is 26.4 Å². The Bertz CT molecular complexity index is 1830. The number of benzene rings is 3. The summed E-state index contributed by atoms with van der Waals surface area (Å²) in [5, 5.41) is 0.299. The Morgan fingerprint density at radius 2 is 1.93 bits per heavy atom. The average molecular weight is 665 g/mol. The molecule has 1 aromatic heterocycles. The number of imidazole rings is 1. The molecule has 2 atom stereocenters. The van der Waals surface area contributed by atoms with Gasteiger partial charge in [0.25, 0.3) is 11.7 Å². The monoisotopic (exact) mass is 664 g/mol. The molecule has 0 spiro atoms. The van der Waals surface area contributed by atoms with Crippen LogP contribution in [0.25, 0.3) is 11.0 Å². The topological polar surface area (TPSA) is 116 Å². The van der Waals surface area contributed by atoms with E-state index >= 15 is 0 Å². The fraction of sp³-hybridized carbons (Fsp3) is 0.364. The number of para-hydroxylation sites is 1. The zero-order chi connectivity index (χ0) is 32.0. The van der Waals surface area contributed by atoms with Crippen molar-refractivity contribution in [2.45, 2.75) is 57.1 Å². The van der Waals surface area contributed by atoms with Crippen molar-refractivity contribution in [2.75, 3.05) is 19.7 Å². The summed E-state index contributed by atoms with van der Waals surface area (Å²) >= 11 is 10.8. The lowest BCUT2D eigenvalue weighted by atomic mass is 9.88. The second-order valence-electron chi connectivity index (χ2n) is 12.1. The first-order valence-corrected chi connectivity index (χ1v) is 16.1. The van der Waals surface area contributed by atoms with Gasteiger partial charge in [0.2, 0.25) is 0 Å². The van der Waals surface area contributed by atoms with Crippen molar-refractivity contribution in [3.05, 3.63) is 88.0 Å². The lowest BCUT2D eigenvalue weighted by Gasteiger charge is -2.33. The van der Waals surface area contributed by atoms with Crippen LogP contribution in [0.1, 0.15) is 59.4 Å². The summed E-state index contributed by atoms with van der Waals surface area (Å²) in [7, 11) is 0. The molecule has 0 radical (unpaired) electrons. The van der Waals surface area contributed by atoms with Gasteiger partial charge in [-0.3, -0.25) is 20.5 Å². The van der Waals surface area contributed by atoms with E-state index in [1.54, 1.807) is 31.2 Å². The van der Waals surface area contributed by atoms with Crippen molar-refractivity contribution in [3.63, 3.8) is 0 Å². The number of nitrogens with one attached hydrogen (secondary N) is 2. The number of amides is 1. The smallest absolute Gasteiger partial charge is 0.278 e. The Morgan fingerprint density at radius 1 is 1.13 bits per heavy atom. The van der Waals surface area contributed by atoms with Crippen LogP contribution in [0.3, 0.4) is 0 Å². The second-order valence-corrected chi connectivity index (χ2v) is 12.9. The van der Waals surface area contributed by atoms with Gasteiger partial charge < -0.3 is 24.5 Å². The number of carbonyl (C=O) groups is 1. The molecular weight excluding hydrogens is 631 g/mol. The van der Waals surface area contributed by atoms with Crippen LogP contribution in [0.2, 0.25) is 5.02 Å². The highest BCUT2D eigenvalue weighted by Gasteiger charge is 2.43. The third-order valence-corrected chi connectivity index (χ3v) is 9.33. The molecule has 2 saturated heterocycles. The number of rotatable bonds is 7. The van der Waals surface area contributed by atoms with Crippen LogP contribution in [0.4, 0.5) is 4.39 Å². The lowest BCUT2D eigenvalue weighted by molar-refractivity contribution is -0.0712. The number of hydrazine groups is 1. The number of aromatic nitrogens is 2. The third kappa shape index (κ3) is 5.97. The number of nitrogens with two attached hydrogens (primary N) is 1. The van der Waals surface area contributed by atoms with Gasteiger partial charge in [0.05, 0.1) is 35.8 Å². The summed E-state index contributed by atoms with van der Waals surface area (Å²) in [6.07, 6.45) is 2.98. The standard InChI is InChI=1S/C33H34ClFN6O4S/c1-33(24-7-6-21(34)16-25(24)35)44-28-4-2-3-23(30(28)45-33)19-9-12-40(13-10-19)18-29-37-26-15-20(31(42)38-39-32(36)46)5-8-27(26)41(29)17-22-11-14-43-22/h2-8,15-16,19,22H,9-14,17-18H2,1H3,(H,38,42)(H3,36,39,46)/t22-,33?/m0/s1. The van der Waals surface area contributed by atoms with Gasteiger partial charge in [-0.1, -0.05) is 23.7 Å². The van der Waals surface area contributed by atoms with Crippen molar-refractivity contribution in [1.82, 2.24) is 25.3 Å². The number of fused-ring (bicyclic) bond motifs is 2. The maximum atomic E-state index is 14.9. The predicted molar refractivity (Wildman–Crippen MR) is 175 cm³/mol. The molecule has 3 aromatic carbocycles. The highest BCUT2D eigenvalue weighted by molar-refractivity contribution is 7.80. The number of hydrogen-bond acceptors (Lipinski definition) is 7. The number of ether oxygens (including phenoxy) is 3. The van der Waals surface area contributed by atoms with Crippen molar-refractivity contribution in [2.24, 2.45) is 5.73 Å². The van der Waals surface area contributed by atoms with Crippen LogP contribution < -0.4 is 26.1 Å². The van der Waals surface area contributed by atoms with Gasteiger partial charge in [0, 0.05) is 29.7 Å². The minimum Gasteiger partial charge on any atom is -0.444 e. The molecule has 13 heteroatoms. The van der Waals surface area contributed by atoms with E-state index in [1.165, 1.54) is 6.07 Å². The van der Waals surface area contributed by atoms with E-state index in [9.17, 15) is 9.18 Å². The maximum Gasteiger partial charge on any atom is 0.278 e. The highest BCUT2D eigenvalue weighted by atomic mass is 35.5. The Labute approximate surface area is 275 Å². The van der Waals surface area contributed by atoms with Crippen molar-refractivity contribution < 1.29 is 23.4 Å². The molecule has 3 aliphatic heterocycles. The fourth-order valence-corrected chi connectivity index (χ4v) is 6.72. The van der Waals surface area contributed by atoms with Crippen molar-refractivity contribution in [1.29, 1.82) is 0 Å². The molecule has 240 valence electrons.